The lowest BCUT2D eigenvalue weighted by atomic mass is 9.84. The van der Waals surface area contributed by atoms with E-state index in [4.69, 9.17) is 5.11 Å². The first-order valence-electron chi connectivity index (χ1n) is 7.14. The summed E-state index contributed by atoms with van der Waals surface area (Å²) >= 11 is 1.38. The highest BCUT2D eigenvalue weighted by Crippen LogP contribution is 2.28. The van der Waals surface area contributed by atoms with Crippen molar-refractivity contribution in [1.29, 1.82) is 0 Å². The van der Waals surface area contributed by atoms with Crippen molar-refractivity contribution in [3.05, 3.63) is 28.0 Å². The van der Waals surface area contributed by atoms with Crippen LogP contribution in [0.2, 0.25) is 0 Å². The summed E-state index contributed by atoms with van der Waals surface area (Å²) in [5, 5.41) is 13.5. The summed E-state index contributed by atoms with van der Waals surface area (Å²) in [6.45, 7) is 3.26. The molecule has 3 fully saturated rings. The molecule has 1 amide bonds. The molecular weight excluding hydrogens is 288 g/mol. The molecule has 5 nitrogen and oxygen atoms in total. The lowest BCUT2D eigenvalue weighted by molar-refractivity contribution is -0.131. The third-order valence-electron chi connectivity index (χ3n) is 4.24. The predicted octanol–water partition coefficient (Wildman–Crippen LogP) is 1.67. The number of nitrogens with one attached hydrogen (secondary N) is 1. The number of rotatable bonds is 4. The number of carboxylic acid groups (broad SMARTS) is 1. The second-order valence-corrected chi connectivity index (χ2v) is 6.57. The molecule has 0 saturated carbocycles. The summed E-state index contributed by atoms with van der Waals surface area (Å²) in [5.41, 5.74) is 0.612. The third kappa shape index (κ3) is 3.33. The van der Waals surface area contributed by atoms with Gasteiger partial charge in [-0.1, -0.05) is 0 Å². The summed E-state index contributed by atoms with van der Waals surface area (Å²) in [4.78, 5) is 25.9. The Morgan fingerprint density at radius 2 is 2.14 bits per heavy atom. The Hall–Kier alpha value is -1.66. The van der Waals surface area contributed by atoms with Crippen LogP contribution in [0.1, 0.15) is 28.1 Å². The molecule has 1 atom stereocenters. The molecule has 3 aliphatic rings. The van der Waals surface area contributed by atoms with Crippen LogP contribution in [0.15, 0.2) is 17.5 Å². The predicted molar refractivity (Wildman–Crippen MR) is 81.4 cm³/mol. The number of amides is 1. The smallest absolute Gasteiger partial charge is 0.328 e. The zero-order chi connectivity index (χ0) is 14.8. The normalized spacial score (nSPS) is 27.9. The van der Waals surface area contributed by atoms with Crippen molar-refractivity contribution in [2.75, 3.05) is 19.6 Å². The van der Waals surface area contributed by atoms with Gasteiger partial charge in [-0.05, 0) is 44.0 Å². The molecule has 0 aromatic carbocycles. The zero-order valence-corrected chi connectivity index (χ0v) is 12.4. The molecule has 0 aliphatic carbocycles. The van der Waals surface area contributed by atoms with Crippen molar-refractivity contribution in [2.45, 2.75) is 18.9 Å². The van der Waals surface area contributed by atoms with Gasteiger partial charge in [0, 0.05) is 28.9 Å². The number of thiophene rings is 1. The van der Waals surface area contributed by atoms with E-state index in [9.17, 15) is 9.59 Å². The Bertz CT molecular complexity index is 573. The van der Waals surface area contributed by atoms with Crippen LogP contribution in [0.25, 0.3) is 6.08 Å². The summed E-state index contributed by atoms with van der Waals surface area (Å²) in [6, 6.07) is 1.98. The number of carbonyl (C=O) groups is 2. The number of aliphatic carboxylic acids is 1. The van der Waals surface area contributed by atoms with Gasteiger partial charge in [0.1, 0.15) is 0 Å². The summed E-state index contributed by atoms with van der Waals surface area (Å²) in [6.07, 6.45) is 4.93. The molecule has 4 heterocycles. The molecule has 1 aromatic rings. The van der Waals surface area contributed by atoms with Gasteiger partial charge in [-0.2, -0.15) is 0 Å². The quantitative estimate of drug-likeness (QED) is 0.830. The average Bonchev–Trinajstić information content (AvgIpc) is 2.95. The summed E-state index contributed by atoms with van der Waals surface area (Å²) in [5.74, 6) is -0.439. The highest BCUT2D eigenvalue weighted by Gasteiger charge is 2.34. The molecule has 4 rings (SSSR count). The second-order valence-electron chi connectivity index (χ2n) is 5.63. The molecule has 0 radical (unpaired) electrons. The van der Waals surface area contributed by atoms with Gasteiger partial charge in [0.05, 0.1) is 5.56 Å². The van der Waals surface area contributed by atoms with Gasteiger partial charge in [-0.3, -0.25) is 4.79 Å². The number of carboxylic acids is 1. The van der Waals surface area contributed by atoms with E-state index in [1.807, 2.05) is 0 Å². The van der Waals surface area contributed by atoms with Gasteiger partial charge in [0.25, 0.3) is 5.91 Å². The Kier molecular flexibility index (Phi) is 4.07. The molecule has 1 aromatic heterocycles. The number of hydrogen-bond acceptors (Lipinski definition) is 4. The van der Waals surface area contributed by atoms with Crippen molar-refractivity contribution in [1.82, 2.24) is 10.2 Å². The Labute approximate surface area is 127 Å². The number of carbonyl (C=O) groups excluding carboxylic acids is 1. The van der Waals surface area contributed by atoms with Crippen LogP contribution in [0.5, 0.6) is 0 Å². The number of hydrogen-bond donors (Lipinski definition) is 2. The average molecular weight is 306 g/mol. The molecule has 112 valence electrons. The monoisotopic (exact) mass is 306 g/mol. The van der Waals surface area contributed by atoms with Crippen LogP contribution in [0, 0.1) is 5.92 Å². The van der Waals surface area contributed by atoms with Crippen molar-refractivity contribution in [3.8, 4) is 0 Å². The minimum Gasteiger partial charge on any atom is -0.478 e. The minimum atomic E-state index is -0.985. The van der Waals surface area contributed by atoms with Crippen LogP contribution < -0.4 is 5.32 Å². The van der Waals surface area contributed by atoms with E-state index in [0.29, 0.717) is 11.5 Å². The first-order valence-corrected chi connectivity index (χ1v) is 8.02. The topological polar surface area (TPSA) is 69.6 Å². The van der Waals surface area contributed by atoms with E-state index in [2.05, 4.69) is 10.2 Å². The lowest BCUT2D eigenvalue weighted by Crippen LogP contribution is -2.57. The van der Waals surface area contributed by atoms with Crippen molar-refractivity contribution in [3.63, 3.8) is 0 Å². The molecule has 0 spiro atoms. The SMILES string of the molecule is O=C(O)C=Cc1cc(C(=O)NC2CN3CCC2CC3)cs1. The highest BCUT2D eigenvalue weighted by atomic mass is 32.1. The van der Waals surface area contributed by atoms with Crippen LogP contribution in [0.4, 0.5) is 0 Å². The maximum atomic E-state index is 12.3. The van der Waals surface area contributed by atoms with Gasteiger partial charge in [-0.15, -0.1) is 11.3 Å². The van der Waals surface area contributed by atoms with Gasteiger partial charge in [0.15, 0.2) is 0 Å². The molecular formula is C15H18N2O3S. The van der Waals surface area contributed by atoms with Crippen molar-refractivity contribution < 1.29 is 14.7 Å². The molecule has 1 unspecified atom stereocenters. The van der Waals surface area contributed by atoms with Gasteiger partial charge in [0.2, 0.25) is 0 Å². The number of piperidine rings is 3. The Morgan fingerprint density at radius 1 is 1.38 bits per heavy atom. The fourth-order valence-electron chi connectivity index (χ4n) is 3.09. The molecule has 2 N–H and O–H groups in total. The Balaban J connectivity index is 1.62. The molecule has 2 bridgehead atoms. The second kappa shape index (κ2) is 5.99. The molecule has 6 heteroatoms. The molecule has 3 saturated heterocycles. The maximum absolute atomic E-state index is 12.3. The van der Waals surface area contributed by atoms with Crippen molar-refractivity contribution >= 4 is 29.3 Å². The highest BCUT2D eigenvalue weighted by molar-refractivity contribution is 7.11. The lowest BCUT2D eigenvalue weighted by Gasteiger charge is -2.44. The minimum absolute atomic E-state index is 0.0556. The Morgan fingerprint density at radius 3 is 2.76 bits per heavy atom. The summed E-state index contributed by atoms with van der Waals surface area (Å²) in [7, 11) is 0. The van der Waals surface area contributed by atoms with E-state index >= 15 is 0 Å². The number of fused-ring (bicyclic) bond motifs is 3. The van der Waals surface area contributed by atoms with Crippen LogP contribution >= 0.6 is 11.3 Å². The van der Waals surface area contributed by atoms with Crippen LogP contribution in [-0.4, -0.2) is 47.6 Å². The van der Waals surface area contributed by atoms with E-state index in [1.165, 1.54) is 30.3 Å². The zero-order valence-electron chi connectivity index (χ0n) is 11.6. The standard InChI is InChI=1S/C15H18N2O3S/c18-14(19)2-1-12-7-11(9-21-12)15(20)16-13-8-17-5-3-10(13)4-6-17/h1-2,7,9-10,13H,3-6,8H2,(H,16,20)(H,18,19). The van der Waals surface area contributed by atoms with Crippen LogP contribution in [0.3, 0.4) is 0 Å². The molecule has 21 heavy (non-hydrogen) atoms. The maximum Gasteiger partial charge on any atom is 0.328 e. The van der Waals surface area contributed by atoms with Gasteiger partial charge >= 0.3 is 5.97 Å². The summed E-state index contributed by atoms with van der Waals surface area (Å²) < 4.78 is 0. The van der Waals surface area contributed by atoms with E-state index in [-0.39, 0.29) is 11.9 Å². The fraction of sp³-hybridized carbons (Fsp3) is 0.467. The van der Waals surface area contributed by atoms with E-state index in [1.54, 1.807) is 11.4 Å². The van der Waals surface area contributed by atoms with Gasteiger partial charge < -0.3 is 15.3 Å². The number of nitrogens with zero attached hydrogens (tertiary/aromatic N) is 1. The van der Waals surface area contributed by atoms with Crippen molar-refractivity contribution in [2.24, 2.45) is 5.92 Å². The first kappa shape index (κ1) is 14.3. The fourth-order valence-corrected chi connectivity index (χ4v) is 3.87. The molecule has 3 aliphatic heterocycles. The largest absolute Gasteiger partial charge is 0.478 e. The van der Waals surface area contributed by atoms with E-state index < -0.39 is 5.97 Å². The third-order valence-corrected chi connectivity index (χ3v) is 5.14. The van der Waals surface area contributed by atoms with Crippen LogP contribution in [-0.2, 0) is 4.79 Å². The van der Waals surface area contributed by atoms with Gasteiger partial charge in [-0.25, -0.2) is 4.79 Å². The first-order chi connectivity index (χ1) is 10.1. The van der Waals surface area contributed by atoms with E-state index in [0.717, 1.165) is 30.6 Å².